The van der Waals surface area contributed by atoms with Gasteiger partial charge in [-0.15, -0.1) is 5.10 Å². The molecule has 2 aromatic heterocycles. The van der Waals surface area contributed by atoms with E-state index in [0.29, 0.717) is 12.3 Å². The monoisotopic (exact) mass is 473 g/mol. The first-order valence-electron chi connectivity index (χ1n) is 12.1. The fraction of sp³-hybridized carbons (Fsp3) is 0.333. The van der Waals surface area contributed by atoms with Crippen LogP contribution in [0.1, 0.15) is 49.6 Å². The zero-order chi connectivity index (χ0) is 24.6. The number of para-hydroxylation sites is 1. The van der Waals surface area contributed by atoms with Crippen LogP contribution in [0.4, 0.5) is 0 Å². The number of carbonyl (C=O) groups excluding carboxylic acids is 2. The van der Waals surface area contributed by atoms with E-state index in [1.54, 1.807) is 28.0 Å². The lowest BCUT2D eigenvalue weighted by atomic mass is 10.0. The van der Waals surface area contributed by atoms with Crippen LogP contribution in [0.3, 0.4) is 0 Å². The summed E-state index contributed by atoms with van der Waals surface area (Å²) in [6, 6.07) is 18.2. The van der Waals surface area contributed by atoms with Gasteiger partial charge in [0.05, 0.1) is 18.3 Å². The van der Waals surface area contributed by atoms with Crippen molar-refractivity contribution in [3.63, 3.8) is 0 Å². The average molecular weight is 474 g/mol. The number of benzene rings is 2. The maximum atomic E-state index is 13.7. The van der Waals surface area contributed by atoms with E-state index in [9.17, 15) is 9.59 Å². The number of rotatable bonds is 11. The van der Waals surface area contributed by atoms with Gasteiger partial charge < -0.3 is 14.6 Å². The Bertz CT molecular complexity index is 1250. The predicted molar refractivity (Wildman–Crippen MR) is 133 cm³/mol. The van der Waals surface area contributed by atoms with Crippen molar-refractivity contribution < 1.29 is 14.0 Å². The van der Waals surface area contributed by atoms with Crippen molar-refractivity contribution in [1.29, 1.82) is 0 Å². The summed E-state index contributed by atoms with van der Waals surface area (Å²) in [6.07, 6.45) is 4.14. The van der Waals surface area contributed by atoms with Gasteiger partial charge in [-0.3, -0.25) is 9.59 Å². The van der Waals surface area contributed by atoms with E-state index in [0.717, 1.165) is 35.9 Å². The lowest BCUT2D eigenvalue weighted by Gasteiger charge is -2.31. The highest BCUT2D eigenvalue weighted by Crippen LogP contribution is 2.24. The molecule has 8 heteroatoms. The van der Waals surface area contributed by atoms with E-state index in [1.807, 2.05) is 48.5 Å². The molecule has 0 aliphatic carbocycles. The zero-order valence-corrected chi connectivity index (χ0v) is 20.2. The highest BCUT2D eigenvalue weighted by Gasteiger charge is 2.31. The van der Waals surface area contributed by atoms with Gasteiger partial charge in [-0.1, -0.05) is 61.9 Å². The van der Waals surface area contributed by atoms with Crippen molar-refractivity contribution in [3.05, 3.63) is 83.8 Å². The topological polar surface area (TPSA) is 93.3 Å². The Hall–Kier alpha value is -3.94. The lowest BCUT2D eigenvalue weighted by molar-refractivity contribution is -0.141. The summed E-state index contributed by atoms with van der Waals surface area (Å²) in [4.78, 5) is 28.9. The summed E-state index contributed by atoms with van der Waals surface area (Å²) in [6.45, 7) is 4.85. The smallest absolute Gasteiger partial charge is 0.247 e. The predicted octanol–water partition coefficient (Wildman–Crippen LogP) is 4.27. The number of nitrogens with zero attached hydrogens (tertiary/aromatic N) is 4. The third kappa shape index (κ3) is 5.77. The standard InChI is InChI=1S/C27H31N5O3/c1-3-5-16-31(25(33)19-32-24-11-7-6-10-23(24)29-30-32)26(21-14-12-20(4-2)13-15-21)27(34)28-18-22-9-8-17-35-22/h6-15,17,26H,3-5,16,18-19H2,1-2H3,(H,28,34)/t26-/m1/s1. The maximum Gasteiger partial charge on any atom is 0.247 e. The van der Waals surface area contributed by atoms with Gasteiger partial charge in [0, 0.05) is 6.54 Å². The Morgan fingerprint density at radius 1 is 1.06 bits per heavy atom. The molecule has 0 aliphatic rings. The van der Waals surface area contributed by atoms with Gasteiger partial charge >= 0.3 is 0 Å². The van der Waals surface area contributed by atoms with Gasteiger partial charge in [-0.05, 0) is 48.2 Å². The average Bonchev–Trinajstić information content (AvgIpc) is 3.55. The Kier molecular flexibility index (Phi) is 7.92. The van der Waals surface area contributed by atoms with E-state index in [-0.39, 0.29) is 24.9 Å². The molecule has 1 N–H and O–H groups in total. The molecule has 0 bridgehead atoms. The van der Waals surface area contributed by atoms with Crippen LogP contribution in [0, 0.1) is 0 Å². The molecule has 8 nitrogen and oxygen atoms in total. The first-order chi connectivity index (χ1) is 17.1. The number of carbonyl (C=O) groups is 2. The fourth-order valence-corrected chi connectivity index (χ4v) is 4.07. The molecule has 0 saturated carbocycles. The number of hydrogen-bond donors (Lipinski definition) is 1. The van der Waals surface area contributed by atoms with Gasteiger partial charge in [-0.2, -0.15) is 0 Å². The molecule has 4 rings (SSSR count). The Morgan fingerprint density at radius 3 is 2.57 bits per heavy atom. The Labute approximate surface area is 204 Å². The molecule has 182 valence electrons. The minimum absolute atomic E-state index is 0.000759. The summed E-state index contributed by atoms with van der Waals surface area (Å²) in [5.41, 5.74) is 3.45. The van der Waals surface area contributed by atoms with Crippen LogP contribution in [-0.2, 0) is 29.1 Å². The molecular weight excluding hydrogens is 442 g/mol. The minimum Gasteiger partial charge on any atom is -0.467 e. The van der Waals surface area contributed by atoms with Crippen LogP contribution in [0.25, 0.3) is 11.0 Å². The normalized spacial score (nSPS) is 11.9. The SMILES string of the molecule is CCCCN(C(=O)Cn1nnc2ccccc21)[C@@H](C(=O)NCc1ccco1)c1ccc(CC)cc1. The Morgan fingerprint density at radius 2 is 1.86 bits per heavy atom. The first kappa shape index (κ1) is 24.2. The molecule has 0 fully saturated rings. The molecule has 0 aliphatic heterocycles. The van der Waals surface area contributed by atoms with Crippen molar-refractivity contribution in [2.45, 2.75) is 52.2 Å². The summed E-state index contributed by atoms with van der Waals surface area (Å²) in [5.74, 6) is 0.212. The molecule has 35 heavy (non-hydrogen) atoms. The van der Waals surface area contributed by atoms with E-state index in [1.165, 1.54) is 5.56 Å². The third-order valence-corrected chi connectivity index (χ3v) is 6.06. The molecule has 0 radical (unpaired) electrons. The molecule has 4 aromatic rings. The second-order valence-corrected chi connectivity index (χ2v) is 8.47. The second kappa shape index (κ2) is 11.5. The van der Waals surface area contributed by atoms with E-state index in [2.05, 4.69) is 29.5 Å². The summed E-state index contributed by atoms with van der Waals surface area (Å²) >= 11 is 0. The lowest BCUT2D eigenvalue weighted by Crippen LogP contribution is -2.45. The van der Waals surface area contributed by atoms with Gasteiger partial charge in [0.15, 0.2) is 0 Å². The summed E-state index contributed by atoms with van der Waals surface area (Å²) < 4.78 is 6.96. The number of nitrogens with one attached hydrogen (secondary N) is 1. The number of hydrogen-bond acceptors (Lipinski definition) is 5. The number of furan rings is 1. The first-order valence-corrected chi connectivity index (χ1v) is 12.1. The van der Waals surface area contributed by atoms with Crippen LogP contribution in [0.5, 0.6) is 0 Å². The maximum absolute atomic E-state index is 13.7. The summed E-state index contributed by atoms with van der Waals surface area (Å²) in [5, 5.41) is 11.3. The fourth-order valence-electron chi connectivity index (χ4n) is 4.07. The van der Waals surface area contributed by atoms with E-state index in [4.69, 9.17) is 4.42 Å². The van der Waals surface area contributed by atoms with Gasteiger partial charge in [0.25, 0.3) is 0 Å². The van der Waals surface area contributed by atoms with Crippen LogP contribution in [-0.4, -0.2) is 38.3 Å². The third-order valence-electron chi connectivity index (χ3n) is 6.06. The van der Waals surface area contributed by atoms with Crippen molar-refractivity contribution in [2.24, 2.45) is 0 Å². The highest BCUT2D eigenvalue weighted by atomic mass is 16.3. The molecule has 2 heterocycles. The van der Waals surface area contributed by atoms with Crippen LogP contribution >= 0.6 is 0 Å². The molecule has 0 saturated heterocycles. The molecular formula is C27H31N5O3. The molecule has 2 amide bonds. The number of amides is 2. The van der Waals surface area contributed by atoms with Crippen molar-refractivity contribution in [1.82, 2.24) is 25.2 Å². The summed E-state index contributed by atoms with van der Waals surface area (Å²) in [7, 11) is 0. The number of aryl methyl sites for hydroxylation is 1. The number of fused-ring (bicyclic) bond motifs is 1. The van der Waals surface area contributed by atoms with Crippen molar-refractivity contribution >= 4 is 22.8 Å². The second-order valence-electron chi connectivity index (χ2n) is 8.47. The minimum atomic E-state index is -0.773. The van der Waals surface area contributed by atoms with E-state index < -0.39 is 6.04 Å². The zero-order valence-electron chi connectivity index (χ0n) is 20.2. The molecule has 2 aromatic carbocycles. The van der Waals surface area contributed by atoms with Crippen LogP contribution in [0.2, 0.25) is 0 Å². The van der Waals surface area contributed by atoms with Crippen LogP contribution < -0.4 is 5.32 Å². The largest absolute Gasteiger partial charge is 0.467 e. The van der Waals surface area contributed by atoms with Gasteiger partial charge in [0.2, 0.25) is 11.8 Å². The quantitative estimate of drug-likeness (QED) is 0.351. The van der Waals surface area contributed by atoms with E-state index >= 15 is 0 Å². The Balaban J connectivity index is 1.64. The van der Waals surface area contributed by atoms with Gasteiger partial charge in [0.1, 0.15) is 23.9 Å². The van der Waals surface area contributed by atoms with Crippen LogP contribution in [0.15, 0.2) is 71.3 Å². The van der Waals surface area contributed by atoms with Crippen molar-refractivity contribution in [2.75, 3.05) is 6.54 Å². The molecule has 0 unspecified atom stereocenters. The van der Waals surface area contributed by atoms with Gasteiger partial charge in [-0.25, -0.2) is 4.68 Å². The molecule has 1 atom stereocenters. The highest BCUT2D eigenvalue weighted by molar-refractivity contribution is 5.89. The molecule has 0 spiro atoms. The van der Waals surface area contributed by atoms with Crippen molar-refractivity contribution in [3.8, 4) is 0 Å². The number of unbranched alkanes of at least 4 members (excludes halogenated alkanes) is 1. The number of aromatic nitrogens is 3.